The van der Waals surface area contributed by atoms with Crippen LogP contribution in [0.4, 0.5) is 0 Å². The number of piperidine rings is 1. The highest BCUT2D eigenvalue weighted by molar-refractivity contribution is 5.86. The molecule has 1 amide bonds. The molecule has 1 aliphatic heterocycles. The lowest BCUT2D eigenvalue weighted by Gasteiger charge is -2.40. The lowest BCUT2D eigenvalue weighted by molar-refractivity contribution is -0.159. The van der Waals surface area contributed by atoms with Crippen molar-refractivity contribution in [2.45, 2.75) is 51.2 Å². The summed E-state index contributed by atoms with van der Waals surface area (Å²) in [6.45, 7) is 6.70. The molecule has 3 rings (SSSR count). The summed E-state index contributed by atoms with van der Waals surface area (Å²) in [6, 6.07) is 14.3. The Morgan fingerprint density at radius 3 is 2.62 bits per heavy atom. The van der Waals surface area contributed by atoms with Gasteiger partial charge in [0.2, 0.25) is 0 Å². The molecule has 0 bridgehead atoms. The molecule has 1 aromatic heterocycles. The van der Waals surface area contributed by atoms with Crippen molar-refractivity contribution >= 4 is 5.91 Å². The number of nitrogens with zero attached hydrogens (tertiary/aromatic N) is 3. The molecule has 1 aromatic carbocycles. The van der Waals surface area contributed by atoms with Gasteiger partial charge in [0.15, 0.2) is 5.60 Å². The number of likely N-dealkylation sites (tertiary alicyclic amines) is 1. The Bertz CT molecular complexity index is 792. The fourth-order valence-corrected chi connectivity index (χ4v) is 3.97. The molecule has 156 valence electrons. The number of pyridine rings is 1. The Labute approximate surface area is 174 Å². The lowest BCUT2D eigenvalue weighted by atomic mass is 9.90. The number of hydrogen-bond acceptors (Lipinski definition) is 4. The topological polar surface area (TPSA) is 56.7 Å². The number of rotatable bonds is 8. The van der Waals surface area contributed by atoms with Crippen LogP contribution in [0.25, 0.3) is 0 Å². The molecule has 1 atom stereocenters. The van der Waals surface area contributed by atoms with Crippen molar-refractivity contribution in [2.75, 3.05) is 26.7 Å². The largest absolute Gasteiger partial charge is 0.379 e. The molecule has 1 aliphatic rings. The van der Waals surface area contributed by atoms with Gasteiger partial charge in [0.05, 0.1) is 0 Å². The Kier molecular flexibility index (Phi) is 7.04. The van der Waals surface area contributed by atoms with Crippen molar-refractivity contribution in [1.29, 1.82) is 0 Å². The molecule has 29 heavy (non-hydrogen) atoms. The summed E-state index contributed by atoms with van der Waals surface area (Å²) >= 11 is 0. The number of carbonyl (C=O) groups excluding carboxylic acids is 1. The molecular formula is C24H33N3O2. The minimum absolute atomic E-state index is 0.152. The number of aromatic nitrogens is 1. The van der Waals surface area contributed by atoms with E-state index in [0.717, 1.165) is 30.6 Å². The average Bonchev–Trinajstić information content (AvgIpc) is 2.71. The van der Waals surface area contributed by atoms with E-state index in [0.29, 0.717) is 32.0 Å². The van der Waals surface area contributed by atoms with Gasteiger partial charge in [0.1, 0.15) is 0 Å². The van der Waals surface area contributed by atoms with Crippen LogP contribution >= 0.6 is 0 Å². The first-order chi connectivity index (χ1) is 13.9. The van der Waals surface area contributed by atoms with Crippen molar-refractivity contribution in [3.63, 3.8) is 0 Å². The van der Waals surface area contributed by atoms with Crippen LogP contribution in [0.1, 0.15) is 49.4 Å². The van der Waals surface area contributed by atoms with Crippen molar-refractivity contribution in [1.82, 2.24) is 14.8 Å². The maximum Gasteiger partial charge on any atom is 0.256 e. The maximum absolute atomic E-state index is 13.1. The van der Waals surface area contributed by atoms with E-state index in [1.165, 1.54) is 5.56 Å². The van der Waals surface area contributed by atoms with Gasteiger partial charge in [-0.1, -0.05) is 44.2 Å². The molecule has 1 fully saturated rings. The third kappa shape index (κ3) is 5.64. The molecule has 2 aromatic rings. The molecule has 0 spiro atoms. The SMILES string of the molecule is CC(C)c1ccc(CN2CCC[C@](O)(CN(C)CCc3ccccn3)C2=O)cc1. The fourth-order valence-electron chi connectivity index (χ4n) is 3.97. The lowest BCUT2D eigenvalue weighted by Crippen LogP contribution is -2.58. The molecule has 5 heteroatoms. The monoisotopic (exact) mass is 395 g/mol. The van der Waals surface area contributed by atoms with Crippen molar-refractivity contribution < 1.29 is 9.90 Å². The third-order valence-electron chi connectivity index (χ3n) is 5.73. The quantitative estimate of drug-likeness (QED) is 0.746. The highest BCUT2D eigenvalue weighted by Gasteiger charge is 2.42. The van der Waals surface area contributed by atoms with E-state index in [4.69, 9.17) is 0 Å². The van der Waals surface area contributed by atoms with Gasteiger partial charge in [0, 0.05) is 44.5 Å². The average molecular weight is 396 g/mol. The summed E-state index contributed by atoms with van der Waals surface area (Å²) in [4.78, 5) is 21.3. The predicted molar refractivity (Wildman–Crippen MR) is 116 cm³/mol. The number of carbonyl (C=O) groups is 1. The minimum atomic E-state index is -1.31. The molecule has 5 nitrogen and oxygen atoms in total. The molecule has 0 aliphatic carbocycles. The van der Waals surface area contributed by atoms with Gasteiger partial charge in [-0.3, -0.25) is 9.78 Å². The molecule has 0 radical (unpaired) electrons. The van der Waals surface area contributed by atoms with E-state index in [9.17, 15) is 9.90 Å². The summed E-state index contributed by atoms with van der Waals surface area (Å²) in [5.74, 6) is 0.341. The Hall–Kier alpha value is -2.24. The summed E-state index contributed by atoms with van der Waals surface area (Å²) in [6.07, 6.45) is 3.93. The van der Waals surface area contributed by atoms with Crippen LogP contribution in [-0.4, -0.2) is 58.1 Å². The van der Waals surface area contributed by atoms with Crippen LogP contribution in [0.2, 0.25) is 0 Å². The molecule has 0 unspecified atom stereocenters. The van der Waals surface area contributed by atoms with E-state index in [1.807, 2.05) is 30.1 Å². The molecule has 0 saturated carbocycles. The van der Waals surface area contributed by atoms with E-state index < -0.39 is 5.60 Å². The highest BCUT2D eigenvalue weighted by Crippen LogP contribution is 2.25. The number of likely N-dealkylation sites (N-methyl/N-ethyl adjacent to an activating group) is 1. The Morgan fingerprint density at radius 1 is 1.21 bits per heavy atom. The summed E-state index contributed by atoms with van der Waals surface area (Å²) < 4.78 is 0. The second-order valence-corrected chi connectivity index (χ2v) is 8.57. The molecule has 2 heterocycles. The minimum Gasteiger partial charge on any atom is -0.379 e. The number of benzene rings is 1. The van der Waals surface area contributed by atoms with Crippen molar-refractivity contribution in [3.05, 3.63) is 65.5 Å². The van der Waals surface area contributed by atoms with Crippen LogP contribution in [0, 0.1) is 0 Å². The van der Waals surface area contributed by atoms with Crippen LogP contribution in [0.15, 0.2) is 48.7 Å². The first-order valence-electron chi connectivity index (χ1n) is 10.6. The van der Waals surface area contributed by atoms with Crippen molar-refractivity contribution in [2.24, 2.45) is 0 Å². The summed E-state index contributed by atoms with van der Waals surface area (Å²) in [5, 5.41) is 11.1. The fraction of sp³-hybridized carbons (Fsp3) is 0.500. The van der Waals surface area contributed by atoms with Crippen molar-refractivity contribution in [3.8, 4) is 0 Å². The van der Waals surface area contributed by atoms with Gasteiger partial charge in [-0.2, -0.15) is 0 Å². The molecule has 1 N–H and O–H groups in total. The zero-order valence-corrected chi connectivity index (χ0v) is 17.8. The second kappa shape index (κ2) is 9.51. The highest BCUT2D eigenvalue weighted by atomic mass is 16.3. The first kappa shape index (κ1) is 21.5. The van der Waals surface area contributed by atoms with E-state index in [-0.39, 0.29) is 5.91 Å². The van der Waals surface area contributed by atoms with Crippen LogP contribution in [-0.2, 0) is 17.8 Å². The van der Waals surface area contributed by atoms with Gasteiger partial charge in [-0.25, -0.2) is 0 Å². The van der Waals surface area contributed by atoms with Gasteiger partial charge >= 0.3 is 0 Å². The number of amides is 1. The first-order valence-corrected chi connectivity index (χ1v) is 10.6. The number of hydrogen-bond donors (Lipinski definition) is 1. The van der Waals surface area contributed by atoms with E-state index in [1.54, 1.807) is 11.1 Å². The van der Waals surface area contributed by atoms with Crippen LogP contribution < -0.4 is 0 Å². The standard InChI is InChI=1S/C24H33N3O2/c1-19(2)21-10-8-20(9-11-21)17-27-15-6-13-24(29,23(27)28)18-26(3)16-12-22-7-4-5-14-25-22/h4-5,7-11,14,19,29H,6,12-13,15-18H2,1-3H3/t24-/m0/s1. The molecule has 1 saturated heterocycles. The van der Waals surface area contributed by atoms with E-state index >= 15 is 0 Å². The number of aliphatic hydroxyl groups is 1. The maximum atomic E-state index is 13.1. The van der Waals surface area contributed by atoms with Gasteiger partial charge in [-0.15, -0.1) is 0 Å². The second-order valence-electron chi connectivity index (χ2n) is 8.57. The van der Waals surface area contributed by atoms with Gasteiger partial charge < -0.3 is 14.9 Å². The molecular weight excluding hydrogens is 362 g/mol. The summed E-state index contributed by atoms with van der Waals surface area (Å²) in [5.41, 5.74) is 2.11. The Morgan fingerprint density at radius 2 is 1.97 bits per heavy atom. The summed E-state index contributed by atoms with van der Waals surface area (Å²) in [7, 11) is 1.96. The van der Waals surface area contributed by atoms with Crippen LogP contribution in [0.3, 0.4) is 0 Å². The third-order valence-corrected chi connectivity index (χ3v) is 5.73. The van der Waals surface area contributed by atoms with Gasteiger partial charge in [-0.05, 0) is 49.1 Å². The normalized spacial score (nSPS) is 19.9. The van der Waals surface area contributed by atoms with E-state index in [2.05, 4.69) is 43.1 Å². The van der Waals surface area contributed by atoms with Gasteiger partial charge in [0.25, 0.3) is 5.91 Å². The smallest absolute Gasteiger partial charge is 0.256 e. The zero-order valence-electron chi connectivity index (χ0n) is 17.8. The zero-order chi connectivity index (χ0) is 20.9. The van der Waals surface area contributed by atoms with Crippen LogP contribution in [0.5, 0.6) is 0 Å². The predicted octanol–water partition coefficient (Wildman–Crippen LogP) is 3.23. The Balaban J connectivity index is 1.58.